The van der Waals surface area contributed by atoms with Gasteiger partial charge in [-0.05, 0) is 48.9 Å². The molecule has 1 amide bonds. The minimum absolute atomic E-state index is 0.103. The minimum atomic E-state index is -0.112. The van der Waals surface area contributed by atoms with Crippen LogP contribution in [0.1, 0.15) is 29.0 Å². The highest BCUT2D eigenvalue weighted by molar-refractivity contribution is 7.13. The number of carbonyl (C=O) groups excluding carboxylic acids is 1. The molecule has 0 spiro atoms. The van der Waals surface area contributed by atoms with Crippen LogP contribution in [0.2, 0.25) is 0 Å². The topological polar surface area (TPSA) is 73.1 Å². The maximum absolute atomic E-state index is 13.0. The number of carbonyl (C=O) groups is 1. The van der Waals surface area contributed by atoms with Crippen LogP contribution in [-0.2, 0) is 0 Å². The Labute approximate surface area is 178 Å². The van der Waals surface area contributed by atoms with Gasteiger partial charge in [0.1, 0.15) is 29.1 Å². The predicted octanol–water partition coefficient (Wildman–Crippen LogP) is 4.23. The van der Waals surface area contributed by atoms with Crippen LogP contribution in [0.3, 0.4) is 0 Å². The molecule has 0 N–H and O–H groups in total. The molecule has 0 aliphatic rings. The Hall–Kier alpha value is -3.52. The number of rotatable bonds is 6. The zero-order chi connectivity index (χ0) is 21.1. The van der Waals surface area contributed by atoms with Crippen molar-refractivity contribution in [1.29, 1.82) is 0 Å². The van der Waals surface area contributed by atoms with Crippen molar-refractivity contribution in [2.75, 3.05) is 14.2 Å². The van der Waals surface area contributed by atoms with Gasteiger partial charge in [0.15, 0.2) is 0 Å². The highest BCUT2D eigenvalue weighted by Crippen LogP contribution is 2.27. The monoisotopic (exact) mass is 419 g/mol. The molecule has 4 rings (SSSR count). The maximum atomic E-state index is 13.0. The molecule has 0 saturated carbocycles. The largest absolute Gasteiger partial charge is 0.497 e. The first-order valence-corrected chi connectivity index (χ1v) is 10.3. The number of benzene rings is 2. The van der Waals surface area contributed by atoms with E-state index < -0.39 is 0 Å². The van der Waals surface area contributed by atoms with Gasteiger partial charge >= 0.3 is 0 Å². The van der Waals surface area contributed by atoms with Crippen molar-refractivity contribution in [2.24, 2.45) is 0 Å². The molecule has 0 saturated heterocycles. The first-order valence-electron chi connectivity index (χ1n) is 9.39. The fraction of sp³-hybridized carbons (Fsp3) is 0.182. The van der Waals surface area contributed by atoms with E-state index in [9.17, 15) is 4.79 Å². The van der Waals surface area contributed by atoms with Gasteiger partial charge in [0, 0.05) is 18.0 Å². The Morgan fingerprint density at radius 2 is 1.87 bits per heavy atom. The minimum Gasteiger partial charge on any atom is -0.497 e. The summed E-state index contributed by atoms with van der Waals surface area (Å²) in [7, 11) is 3.43. The zero-order valence-corrected chi connectivity index (χ0v) is 17.7. The molecule has 30 heavy (non-hydrogen) atoms. The maximum Gasteiger partial charge on any atom is 0.273 e. The number of hydrogen-bond acceptors (Lipinski definition) is 6. The number of thiazole rings is 1. The number of ether oxygens (including phenoxy) is 1. The molecule has 152 valence electrons. The van der Waals surface area contributed by atoms with Gasteiger partial charge in [-0.3, -0.25) is 4.79 Å². The quantitative estimate of drug-likeness (QED) is 0.468. The van der Waals surface area contributed by atoms with Crippen molar-refractivity contribution in [3.63, 3.8) is 0 Å². The molecule has 7 nitrogen and oxygen atoms in total. The van der Waals surface area contributed by atoms with Crippen LogP contribution in [0.25, 0.3) is 16.3 Å². The third-order valence-electron chi connectivity index (χ3n) is 5.02. The molecule has 2 aromatic heterocycles. The molecular weight excluding hydrogens is 398 g/mol. The second-order valence-electron chi connectivity index (χ2n) is 6.79. The lowest BCUT2D eigenvalue weighted by Crippen LogP contribution is -2.29. The number of hydrogen-bond donors (Lipinski definition) is 0. The molecule has 0 bridgehead atoms. The molecule has 0 aliphatic carbocycles. The van der Waals surface area contributed by atoms with Crippen LogP contribution in [0, 0.1) is 0 Å². The summed E-state index contributed by atoms with van der Waals surface area (Å²) in [6, 6.07) is 15.5. The molecule has 2 aromatic carbocycles. The first-order chi connectivity index (χ1) is 14.6. The van der Waals surface area contributed by atoms with Gasteiger partial charge < -0.3 is 9.64 Å². The number of aromatic nitrogens is 4. The van der Waals surface area contributed by atoms with Crippen LogP contribution in [-0.4, -0.2) is 44.7 Å². The molecule has 0 radical (unpaired) electrons. The summed E-state index contributed by atoms with van der Waals surface area (Å²) >= 11 is 1.45. The second-order valence-corrected chi connectivity index (χ2v) is 7.65. The third-order valence-corrected chi connectivity index (χ3v) is 5.91. The highest BCUT2D eigenvalue weighted by Gasteiger charge is 2.21. The molecule has 0 aliphatic heterocycles. The summed E-state index contributed by atoms with van der Waals surface area (Å²) < 4.78 is 6.88. The Morgan fingerprint density at radius 3 is 2.50 bits per heavy atom. The van der Waals surface area contributed by atoms with E-state index in [4.69, 9.17) is 4.74 Å². The summed E-state index contributed by atoms with van der Waals surface area (Å²) in [6.45, 7) is 2.00. The summed E-state index contributed by atoms with van der Waals surface area (Å²) in [4.78, 5) is 23.2. The number of nitrogens with zero attached hydrogens (tertiary/aromatic N) is 5. The summed E-state index contributed by atoms with van der Waals surface area (Å²) in [5.41, 5.74) is 3.35. The second kappa shape index (κ2) is 8.46. The van der Waals surface area contributed by atoms with E-state index >= 15 is 0 Å². The van der Waals surface area contributed by atoms with Crippen molar-refractivity contribution in [3.8, 4) is 22.0 Å². The lowest BCUT2D eigenvalue weighted by Gasteiger charge is -2.24. The molecule has 2 heterocycles. The number of amides is 1. The van der Waals surface area contributed by atoms with E-state index in [1.54, 1.807) is 35.4 Å². The van der Waals surface area contributed by atoms with Gasteiger partial charge in [-0.25, -0.2) is 14.6 Å². The normalized spacial score (nSPS) is 11.8. The SMILES string of the molecule is COc1ccc(-c2nc(C(=O)N(C)C(C)c3ccc(-n4cncn4)cc3)cs2)cc1. The highest BCUT2D eigenvalue weighted by atomic mass is 32.1. The molecule has 1 unspecified atom stereocenters. The van der Waals surface area contributed by atoms with Crippen LogP contribution in [0.5, 0.6) is 5.75 Å². The van der Waals surface area contributed by atoms with Gasteiger partial charge in [0.05, 0.1) is 18.8 Å². The van der Waals surface area contributed by atoms with Crippen molar-refractivity contribution in [1.82, 2.24) is 24.6 Å². The summed E-state index contributed by atoms with van der Waals surface area (Å²) in [6.07, 6.45) is 3.15. The van der Waals surface area contributed by atoms with Crippen molar-refractivity contribution < 1.29 is 9.53 Å². The summed E-state index contributed by atoms with van der Waals surface area (Å²) in [5, 5.41) is 6.74. The van der Waals surface area contributed by atoms with Gasteiger partial charge in [0.2, 0.25) is 0 Å². The molecule has 1 atom stereocenters. The lowest BCUT2D eigenvalue weighted by atomic mass is 10.1. The molecule has 0 fully saturated rings. The molecule has 8 heteroatoms. The Balaban J connectivity index is 1.48. The van der Waals surface area contributed by atoms with Gasteiger partial charge in [-0.15, -0.1) is 11.3 Å². The third kappa shape index (κ3) is 3.95. The summed E-state index contributed by atoms with van der Waals surface area (Å²) in [5.74, 6) is 0.675. The van der Waals surface area contributed by atoms with Gasteiger partial charge in [0.25, 0.3) is 5.91 Å². The van der Waals surface area contributed by atoms with Crippen LogP contribution >= 0.6 is 11.3 Å². The van der Waals surface area contributed by atoms with E-state index in [1.165, 1.54) is 17.7 Å². The van der Waals surface area contributed by atoms with E-state index in [0.717, 1.165) is 27.6 Å². The average Bonchev–Trinajstić information content (AvgIpc) is 3.50. The van der Waals surface area contributed by atoms with E-state index in [0.29, 0.717) is 5.69 Å². The standard InChI is InChI=1S/C22H21N5O2S/c1-15(16-4-8-18(9-5-16)27-14-23-13-24-27)26(2)22(28)20-12-30-21(25-20)17-6-10-19(29-3)11-7-17/h4-15H,1-3H3. The smallest absolute Gasteiger partial charge is 0.273 e. The van der Waals surface area contributed by atoms with E-state index in [2.05, 4.69) is 15.1 Å². The Bertz CT molecular complexity index is 1120. The Morgan fingerprint density at radius 1 is 1.13 bits per heavy atom. The molecular formula is C22H21N5O2S. The van der Waals surface area contributed by atoms with Crippen LogP contribution in [0.15, 0.2) is 66.6 Å². The Kier molecular flexibility index (Phi) is 5.58. The fourth-order valence-corrected chi connectivity index (χ4v) is 3.87. The number of methoxy groups -OCH3 is 1. The van der Waals surface area contributed by atoms with Gasteiger partial charge in [-0.1, -0.05) is 12.1 Å². The van der Waals surface area contributed by atoms with Crippen molar-refractivity contribution in [3.05, 3.63) is 77.8 Å². The van der Waals surface area contributed by atoms with E-state index in [1.807, 2.05) is 55.5 Å². The van der Waals surface area contributed by atoms with E-state index in [-0.39, 0.29) is 11.9 Å². The van der Waals surface area contributed by atoms with Crippen LogP contribution in [0.4, 0.5) is 0 Å². The average molecular weight is 420 g/mol. The van der Waals surface area contributed by atoms with Crippen molar-refractivity contribution >= 4 is 17.2 Å². The van der Waals surface area contributed by atoms with Gasteiger partial charge in [-0.2, -0.15) is 5.10 Å². The zero-order valence-electron chi connectivity index (χ0n) is 16.9. The lowest BCUT2D eigenvalue weighted by molar-refractivity contribution is 0.0737. The van der Waals surface area contributed by atoms with Crippen molar-refractivity contribution in [2.45, 2.75) is 13.0 Å². The fourth-order valence-electron chi connectivity index (χ4n) is 3.07. The molecule has 4 aromatic rings. The first kappa shape index (κ1) is 19.8. The predicted molar refractivity (Wildman–Crippen MR) is 116 cm³/mol. The van der Waals surface area contributed by atoms with Crippen LogP contribution < -0.4 is 4.74 Å².